The van der Waals surface area contributed by atoms with Crippen LogP contribution in [0.25, 0.3) is 0 Å². The molecule has 1 atom stereocenters. The van der Waals surface area contributed by atoms with Crippen molar-refractivity contribution < 1.29 is 9.13 Å². The average Bonchev–Trinajstić information content (AvgIpc) is 2.90. The fourth-order valence-corrected chi connectivity index (χ4v) is 2.59. The number of thiophene rings is 1. The van der Waals surface area contributed by atoms with E-state index in [0.29, 0.717) is 12.4 Å². The number of benzene rings is 1. The molecule has 0 saturated carbocycles. The minimum absolute atomic E-state index is 0.0686. The van der Waals surface area contributed by atoms with Gasteiger partial charge in [-0.2, -0.15) is 0 Å². The summed E-state index contributed by atoms with van der Waals surface area (Å²) in [7, 11) is 0. The lowest BCUT2D eigenvalue weighted by atomic mass is 10.1. The van der Waals surface area contributed by atoms with E-state index in [-0.39, 0.29) is 11.9 Å². The third-order valence-corrected chi connectivity index (χ3v) is 3.76. The Morgan fingerprint density at radius 3 is 2.84 bits per heavy atom. The molecule has 1 N–H and O–H groups in total. The number of hydrogen-bond acceptors (Lipinski definition) is 3. The van der Waals surface area contributed by atoms with Gasteiger partial charge in [-0.15, -0.1) is 11.3 Å². The lowest BCUT2D eigenvalue weighted by molar-refractivity contribution is 0.287. The Kier molecular flexibility index (Phi) is 4.93. The molecule has 0 spiro atoms. The molecule has 0 amide bonds. The molecule has 0 fully saturated rings. The molecule has 0 saturated heterocycles. The van der Waals surface area contributed by atoms with Gasteiger partial charge in [0.25, 0.3) is 0 Å². The highest BCUT2D eigenvalue weighted by molar-refractivity contribution is 7.09. The van der Waals surface area contributed by atoms with Gasteiger partial charge in [-0.1, -0.05) is 25.1 Å². The van der Waals surface area contributed by atoms with Crippen molar-refractivity contribution in [1.29, 1.82) is 0 Å². The molecule has 4 heteroatoms. The maximum Gasteiger partial charge on any atom is 0.165 e. The van der Waals surface area contributed by atoms with Crippen molar-refractivity contribution in [3.63, 3.8) is 0 Å². The number of halogens is 1. The van der Waals surface area contributed by atoms with Crippen LogP contribution in [0.1, 0.15) is 30.3 Å². The van der Waals surface area contributed by atoms with Crippen molar-refractivity contribution in [3.8, 4) is 5.75 Å². The van der Waals surface area contributed by atoms with Crippen LogP contribution in [0, 0.1) is 5.82 Å². The summed E-state index contributed by atoms with van der Waals surface area (Å²) in [4.78, 5) is 1.09. The predicted molar refractivity (Wildman–Crippen MR) is 77.1 cm³/mol. The molecule has 2 aromatic rings. The minimum Gasteiger partial charge on any atom is -0.485 e. The first-order valence-corrected chi connectivity index (χ1v) is 7.27. The SMILES string of the molecule is CCNC(C)c1cccc(F)c1OCc1cccs1. The van der Waals surface area contributed by atoms with Crippen LogP contribution >= 0.6 is 11.3 Å². The molecular weight excluding hydrogens is 261 g/mol. The van der Waals surface area contributed by atoms with Gasteiger partial charge in [0, 0.05) is 16.5 Å². The zero-order chi connectivity index (χ0) is 13.7. The van der Waals surface area contributed by atoms with E-state index in [1.807, 2.05) is 37.4 Å². The Morgan fingerprint density at radius 1 is 1.32 bits per heavy atom. The van der Waals surface area contributed by atoms with Crippen LogP contribution in [0.4, 0.5) is 4.39 Å². The van der Waals surface area contributed by atoms with Crippen molar-refractivity contribution in [2.45, 2.75) is 26.5 Å². The maximum absolute atomic E-state index is 13.9. The van der Waals surface area contributed by atoms with Crippen LogP contribution in [0.15, 0.2) is 35.7 Å². The second-order valence-electron chi connectivity index (χ2n) is 4.31. The largest absolute Gasteiger partial charge is 0.485 e. The summed E-state index contributed by atoms with van der Waals surface area (Å²) < 4.78 is 19.6. The monoisotopic (exact) mass is 279 g/mol. The third kappa shape index (κ3) is 3.55. The molecular formula is C15H18FNOS. The molecule has 0 radical (unpaired) electrons. The van der Waals surface area contributed by atoms with Crippen molar-refractivity contribution in [3.05, 3.63) is 52.0 Å². The number of nitrogens with one attached hydrogen (secondary N) is 1. The molecule has 1 unspecified atom stereocenters. The van der Waals surface area contributed by atoms with Gasteiger partial charge in [0.2, 0.25) is 0 Å². The molecule has 0 aliphatic rings. The summed E-state index contributed by atoms with van der Waals surface area (Å²) >= 11 is 1.61. The van der Waals surface area contributed by atoms with E-state index in [0.717, 1.165) is 17.0 Å². The highest BCUT2D eigenvalue weighted by Crippen LogP contribution is 2.29. The van der Waals surface area contributed by atoms with Gasteiger partial charge in [0.15, 0.2) is 11.6 Å². The molecule has 0 bridgehead atoms. The molecule has 2 rings (SSSR count). The number of rotatable bonds is 6. The minimum atomic E-state index is -0.307. The standard InChI is InChI=1S/C15H18FNOS/c1-3-17-11(2)13-7-4-8-14(16)15(13)18-10-12-6-5-9-19-12/h4-9,11,17H,3,10H2,1-2H3. The Hall–Kier alpha value is -1.39. The fraction of sp³-hybridized carbons (Fsp3) is 0.333. The molecule has 0 aliphatic heterocycles. The lowest BCUT2D eigenvalue weighted by Crippen LogP contribution is -2.18. The van der Waals surface area contributed by atoms with Gasteiger partial charge in [-0.05, 0) is 31.0 Å². The van der Waals surface area contributed by atoms with E-state index < -0.39 is 0 Å². The average molecular weight is 279 g/mol. The quantitative estimate of drug-likeness (QED) is 0.858. The summed E-state index contributed by atoms with van der Waals surface area (Å²) in [5.41, 5.74) is 0.860. The van der Waals surface area contributed by atoms with E-state index in [2.05, 4.69) is 5.32 Å². The summed E-state index contributed by atoms with van der Waals surface area (Å²) in [5, 5.41) is 5.27. The fourth-order valence-electron chi connectivity index (χ4n) is 1.97. The molecule has 102 valence electrons. The molecule has 0 aliphatic carbocycles. The van der Waals surface area contributed by atoms with Gasteiger partial charge in [-0.25, -0.2) is 4.39 Å². The van der Waals surface area contributed by atoms with Gasteiger partial charge in [0.1, 0.15) is 6.61 Å². The molecule has 1 heterocycles. The first-order chi connectivity index (χ1) is 9.22. The Morgan fingerprint density at radius 2 is 2.16 bits per heavy atom. The van der Waals surface area contributed by atoms with Crippen molar-refractivity contribution >= 4 is 11.3 Å². The van der Waals surface area contributed by atoms with Gasteiger partial charge < -0.3 is 10.1 Å². The number of para-hydroxylation sites is 1. The normalized spacial score (nSPS) is 12.4. The first-order valence-electron chi connectivity index (χ1n) is 6.39. The maximum atomic E-state index is 13.9. The summed E-state index contributed by atoms with van der Waals surface area (Å²) in [6.07, 6.45) is 0. The Balaban J connectivity index is 2.17. The van der Waals surface area contributed by atoms with E-state index >= 15 is 0 Å². The zero-order valence-corrected chi connectivity index (χ0v) is 12.0. The zero-order valence-electron chi connectivity index (χ0n) is 11.2. The van der Waals surface area contributed by atoms with Gasteiger partial charge in [-0.3, -0.25) is 0 Å². The van der Waals surface area contributed by atoms with Crippen LogP contribution in [-0.4, -0.2) is 6.54 Å². The summed E-state index contributed by atoms with van der Waals surface area (Å²) in [6, 6.07) is 9.08. The molecule has 2 nitrogen and oxygen atoms in total. The second kappa shape index (κ2) is 6.68. The van der Waals surface area contributed by atoms with Gasteiger partial charge >= 0.3 is 0 Å². The number of hydrogen-bond donors (Lipinski definition) is 1. The number of ether oxygens (including phenoxy) is 1. The van der Waals surface area contributed by atoms with Crippen LogP contribution < -0.4 is 10.1 Å². The smallest absolute Gasteiger partial charge is 0.165 e. The van der Waals surface area contributed by atoms with Crippen molar-refractivity contribution in [2.75, 3.05) is 6.54 Å². The highest BCUT2D eigenvalue weighted by Gasteiger charge is 2.15. The lowest BCUT2D eigenvalue weighted by Gasteiger charge is -2.18. The summed E-state index contributed by atoms with van der Waals surface area (Å²) in [6.45, 7) is 5.28. The van der Waals surface area contributed by atoms with E-state index in [9.17, 15) is 4.39 Å². The van der Waals surface area contributed by atoms with E-state index in [1.54, 1.807) is 17.4 Å². The van der Waals surface area contributed by atoms with Crippen LogP contribution in [-0.2, 0) is 6.61 Å². The second-order valence-corrected chi connectivity index (χ2v) is 5.34. The molecule has 1 aromatic carbocycles. The van der Waals surface area contributed by atoms with Crippen LogP contribution in [0.2, 0.25) is 0 Å². The first kappa shape index (κ1) is 14.0. The van der Waals surface area contributed by atoms with Crippen molar-refractivity contribution in [1.82, 2.24) is 5.32 Å². The van der Waals surface area contributed by atoms with Crippen LogP contribution in [0.3, 0.4) is 0 Å². The highest BCUT2D eigenvalue weighted by atomic mass is 32.1. The third-order valence-electron chi connectivity index (χ3n) is 2.91. The van der Waals surface area contributed by atoms with E-state index in [1.165, 1.54) is 6.07 Å². The Bertz CT molecular complexity index is 513. The van der Waals surface area contributed by atoms with Gasteiger partial charge in [0.05, 0.1) is 0 Å². The van der Waals surface area contributed by atoms with Crippen LogP contribution in [0.5, 0.6) is 5.75 Å². The topological polar surface area (TPSA) is 21.3 Å². The predicted octanol–water partition coefficient (Wildman–Crippen LogP) is 4.14. The van der Waals surface area contributed by atoms with Crippen molar-refractivity contribution in [2.24, 2.45) is 0 Å². The molecule has 19 heavy (non-hydrogen) atoms. The van der Waals surface area contributed by atoms with E-state index in [4.69, 9.17) is 4.74 Å². The molecule has 1 aromatic heterocycles. The summed E-state index contributed by atoms with van der Waals surface area (Å²) in [5.74, 6) is 0.0446. The Labute approximate surface area is 117 Å².